The monoisotopic (exact) mass is 382 g/mol. The Balaban J connectivity index is 1.69. The Morgan fingerprint density at radius 3 is 2.79 bits per heavy atom. The predicted octanol–water partition coefficient (Wildman–Crippen LogP) is 7.54. The molecule has 0 aliphatic heterocycles. The van der Waals surface area contributed by atoms with Crippen LogP contribution in [0, 0.1) is 23.2 Å². The lowest BCUT2D eigenvalue weighted by Crippen LogP contribution is -2.36. The van der Waals surface area contributed by atoms with Crippen LogP contribution in [0.3, 0.4) is 0 Å². The molecule has 28 heavy (non-hydrogen) atoms. The summed E-state index contributed by atoms with van der Waals surface area (Å²) >= 11 is 0. The normalized spacial score (nSPS) is 34.8. The molecule has 4 atom stereocenters. The lowest BCUT2D eigenvalue weighted by molar-refractivity contribution is 0.0597. The van der Waals surface area contributed by atoms with Crippen molar-refractivity contribution in [3.05, 3.63) is 47.6 Å². The summed E-state index contributed by atoms with van der Waals surface area (Å²) in [6.07, 6.45) is 21.7. The van der Waals surface area contributed by atoms with Crippen molar-refractivity contribution in [1.29, 1.82) is 0 Å². The van der Waals surface area contributed by atoms with Crippen molar-refractivity contribution in [2.24, 2.45) is 23.2 Å². The van der Waals surface area contributed by atoms with Crippen molar-refractivity contribution in [3.63, 3.8) is 0 Å². The van der Waals surface area contributed by atoms with E-state index in [4.69, 9.17) is 0 Å². The summed E-state index contributed by atoms with van der Waals surface area (Å²) in [6.45, 7) is 13.2. The molecule has 0 saturated heterocycles. The zero-order valence-corrected chi connectivity index (χ0v) is 18.8. The molecule has 0 spiro atoms. The number of allylic oxidation sites excluding steroid dienone is 7. The fourth-order valence-electron chi connectivity index (χ4n) is 6.37. The summed E-state index contributed by atoms with van der Waals surface area (Å²) in [5, 5.41) is 10.0. The highest BCUT2D eigenvalue weighted by molar-refractivity contribution is 5.43. The van der Waals surface area contributed by atoms with E-state index in [0.29, 0.717) is 5.41 Å². The molecule has 3 aliphatic rings. The fraction of sp³-hybridized carbons (Fsp3) is 0.704. The molecule has 1 heteroatoms. The zero-order chi connectivity index (χ0) is 20.4. The first-order valence-electron chi connectivity index (χ1n) is 11.7. The Morgan fingerprint density at radius 2 is 2.07 bits per heavy atom. The van der Waals surface area contributed by atoms with E-state index in [1.54, 1.807) is 5.57 Å². The minimum atomic E-state index is -0.520. The van der Waals surface area contributed by atoms with Gasteiger partial charge in [0.15, 0.2) is 0 Å². The first kappa shape index (κ1) is 21.6. The fourth-order valence-corrected chi connectivity index (χ4v) is 6.37. The maximum Gasteiger partial charge on any atom is 0.0591 e. The first-order chi connectivity index (χ1) is 13.2. The smallest absolute Gasteiger partial charge is 0.0591 e. The molecule has 3 rings (SSSR count). The predicted molar refractivity (Wildman–Crippen MR) is 121 cm³/mol. The summed E-state index contributed by atoms with van der Waals surface area (Å²) in [4.78, 5) is 0. The third-order valence-corrected chi connectivity index (χ3v) is 7.97. The second-order valence-electron chi connectivity index (χ2n) is 10.7. The van der Waals surface area contributed by atoms with E-state index in [9.17, 15) is 5.11 Å². The van der Waals surface area contributed by atoms with Crippen LogP contribution in [-0.2, 0) is 0 Å². The van der Waals surface area contributed by atoms with Crippen LogP contribution < -0.4 is 0 Å². The van der Waals surface area contributed by atoms with Crippen molar-refractivity contribution >= 4 is 0 Å². The van der Waals surface area contributed by atoms with Gasteiger partial charge in [-0.2, -0.15) is 0 Å². The van der Waals surface area contributed by atoms with Gasteiger partial charge in [0.05, 0.1) is 5.60 Å². The zero-order valence-electron chi connectivity index (χ0n) is 18.8. The van der Waals surface area contributed by atoms with Crippen LogP contribution in [0.15, 0.2) is 47.6 Å². The standard InChI is InChI=1S/C27H42O/c1-20-10-6-7-12-22(20)14-15-23-13-9-19-27(5)24(16-17-25(23)27)21(2)11-8-18-26(3,4)28/h7,12,14-15,21,24-25,28H,1,6,8-11,13,16-19H2,2-5H3/b22-14-,23-15+. The molecule has 0 aromatic carbocycles. The maximum absolute atomic E-state index is 10.0. The van der Waals surface area contributed by atoms with Crippen molar-refractivity contribution in [2.75, 3.05) is 0 Å². The van der Waals surface area contributed by atoms with Gasteiger partial charge in [-0.05, 0) is 99.5 Å². The number of fused-ring (bicyclic) bond motifs is 1. The van der Waals surface area contributed by atoms with Gasteiger partial charge in [-0.1, -0.05) is 63.1 Å². The highest BCUT2D eigenvalue weighted by Gasteiger charge is 2.50. The van der Waals surface area contributed by atoms with Crippen LogP contribution in [0.25, 0.3) is 0 Å². The topological polar surface area (TPSA) is 20.2 Å². The third-order valence-electron chi connectivity index (χ3n) is 7.97. The van der Waals surface area contributed by atoms with Gasteiger partial charge >= 0.3 is 0 Å². The molecule has 2 fully saturated rings. The Morgan fingerprint density at radius 1 is 1.29 bits per heavy atom. The average Bonchev–Trinajstić information content (AvgIpc) is 2.97. The molecular weight excluding hydrogens is 340 g/mol. The molecule has 3 aliphatic carbocycles. The van der Waals surface area contributed by atoms with Crippen molar-refractivity contribution in [2.45, 2.75) is 97.5 Å². The molecule has 0 radical (unpaired) electrons. The minimum Gasteiger partial charge on any atom is -0.390 e. The van der Waals surface area contributed by atoms with Crippen LogP contribution in [0.4, 0.5) is 0 Å². The number of hydrogen-bond acceptors (Lipinski definition) is 1. The van der Waals surface area contributed by atoms with E-state index in [-0.39, 0.29) is 0 Å². The van der Waals surface area contributed by atoms with Crippen LogP contribution in [0.1, 0.15) is 91.9 Å². The number of aliphatic hydroxyl groups is 1. The molecule has 1 N–H and O–H groups in total. The van der Waals surface area contributed by atoms with Gasteiger partial charge in [0, 0.05) is 0 Å². The summed E-state index contributed by atoms with van der Waals surface area (Å²) in [5.41, 5.74) is 4.27. The van der Waals surface area contributed by atoms with E-state index in [1.807, 2.05) is 13.8 Å². The molecule has 156 valence electrons. The lowest BCUT2D eigenvalue weighted by Gasteiger charge is -2.44. The Bertz CT molecular complexity index is 656. The summed E-state index contributed by atoms with van der Waals surface area (Å²) in [7, 11) is 0. The molecule has 0 heterocycles. The van der Waals surface area contributed by atoms with E-state index < -0.39 is 5.60 Å². The average molecular weight is 383 g/mol. The quantitative estimate of drug-likeness (QED) is 0.503. The molecule has 0 aromatic heterocycles. The second-order valence-corrected chi connectivity index (χ2v) is 10.7. The van der Waals surface area contributed by atoms with Crippen molar-refractivity contribution in [3.8, 4) is 0 Å². The van der Waals surface area contributed by atoms with Crippen molar-refractivity contribution in [1.82, 2.24) is 0 Å². The SMILES string of the molecule is C=C1CCC=C/C1=C/C=C1\CCCC2(C)C1CCC2C(C)CCCC(C)(C)O. The summed E-state index contributed by atoms with van der Waals surface area (Å²) < 4.78 is 0. The second kappa shape index (κ2) is 8.74. The third kappa shape index (κ3) is 4.90. The Kier molecular flexibility index (Phi) is 6.75. The molecule has 0 bridgehead atoms. The Hall–Kier alpha value is -1.08. The molecule has 2 saturated carbocycles. The van der Waals surface area contributed by atoms with E-state index in [2.05, 4.69) is 44.7 Å². The van der Waals surface area contributed by atoms with Crippen LogP contribution in [0.5, 0.6) is 0 Å². The van der Waals surface area contributed by atoms with E-state index in [0.717, 1.165) is 43.4 Å². The van der Waals surface area contributed by atoms with Crippen LogP contribution in [-0.4, -0.2) is 10.7 Å². The molecular formula is C27H42O. The highest BCUT2D eigenvalue weighted by atomic mass is 16.3. The van der Waals surface area contributed by atoms with Crippen molar-refractivity contribution < 1.29 is 5.11 Å². The Labute approximate surface area is 173 Å². The lowest BCUT2D eigenvalue weighted by atomic mass is 9.60. The van der Waals surface area contributed by atoms with Gasteiger partial charge in [0.25, 0.3) is 0 Å². The summed E-state index contributed by atoms with van der Waals surface area (Å²) in [6, 6.07) is 0. The summed E-state index contributed by atoms with van der Waals surface area (Å²) in [5.74, 6) is 2.36. The largest absolute Gasteiger partial charge is 0.390 e. The molecule has 0 amide bonds. The van der Waals surface area contributed by atoms with Gasteiger partial charge in [-0.3, -0.25) is 0 Å². The van der Waals surface area contributed by atoms with Gasteiger partial charge in [-0.15, -0.1) is 0 Å². The number of hydrogen-bond donors (Lipinski definition) is 1. The first-order valence-corrected chi connectivity index (χ1v) is 11.7. The van der Waals surface area contributed by atoms with E-state index >= 15 is 0 Å². The molecule has 0 aromatic rings. The van der Waals surface area contributed by atoms with Gasteiger partial charge in [0.2, 0.25) is 0 Å². The highest BCUT2D eigenvalue weighted by Crippen LogP contribution is 2.59. The minimum absolute atomic E-state index is 0.468. The molecule has 1 nitrogen and oxygen atoms in total. The van der Waals surface area contributed by atoms with Gasteiger partial charge in [0.1, 0.15) is 0 Å². The number of rotatable bonds is 6. The molecule has 4 unspecified atom stereocenters. The van der Waals surface area contributed by atoms with Crippen LogP contribution in [0.2, 0.25) is 0 Å². The van der Waals surface area contributed by atoms with E-state index in [1.165, 1.54) is 49.7 Å². The van der Waals surface area contributed by atoms with Crippen LogP contribution >= 0.6 is 0 Å². The van der Waals surface area contributed by atoms with Gasteiger partial charge < -0.3 is 5.11 Å². The maximum atomic E-state index is 10.0. The van der Waals surface area contributed by atoms with Gasteiger partial charge in [-0.25, -0.2) is 0 Å².